The molecule has 1 N–H and O–H groups in total. The van der Waals surface area contributed by atoms with Gasteiger partial charge >= 0.3 is 0 Å². The topological polar surface area (TPSA) is 59.8 Å². The number of rotatable bonds is 2. The first-order chi connectivity index (χ1) is 10.1. The van der Waals surface area contributed by atoms with E-state index in [4.69, 9.17) is 11.6 Å². The van der Waals surface area contributed by atoms with Gasteiger partial charge in [-0.15, -0.1) is 0 Å². The van der Waals surface area contributed by atoms with E-state index in [-0.39, 0.29) is 5.91 Å². The maximum atomic E-state index is 11.8. The minimum atomic E-state index is -0.164. The summed E-state index contributed by atoms with van der Waals surface area (Å²) < 4.78 is 1.85. The van der Waals surface area contributed by atoms with Gasteiger partial charge in [0, 0.05) is 18.8 Å². The maximum Gasteiger partial charge on any atom is 0.251 e. The molecule has 21 heavy (non-hydrogen) atoms. The fourth-order valence-electron chi connectivity index (χ4n) is 2.28. The number of carbonyl (C=O) groups excluding carboxylic acids is 1. The number of aryl methyl sites for hydroxylation is 1. The fourth-order valence-corrected chi connectivity index (χ4v) is 2.49. The van der Waals surface area contributed by atoms with Gasteiger partial charge in [-0.25, -0.2) is 9.97 Å². The Morgan fingerprint density at radius 1 is 1.33 bits per heavy atom. The molecule has 2 heterocycles. The van der Waals surface area contributed by atoms with Gasteiger partial charge in [0.05, 0.1) is 10.7 Å². The number of hydrogen-bond donors (Lipinski definition) is 1. The Kier molecular flexibility index (Phi) is 3.35. The molecule has 0 unspecified atom stereocenters. The average Bonchev–Trinajstić information content (AvgIpc) is 2.83. The van der Waals surface area contributed by atoms with E-state index in [2.05, 4.69) is 15.3 Å². The van der Waals surface area contributed by atoms with E-state index in [9.17, 15) is 4.79 Å². The minimum Gasteiger partial charge on any atom is -0.355 e. The Morgan fingerprint density at radius 2 is 2.14 bits per heavy atom. The van der Waals surface area contributed by atoms with Crippen molar-refractivity contribution >= 4 is 28.7 Å². The summed E-state index contributed by atoms with van der Waals surface area (Å²) in [5.41, 5.74) is 2.73. The van der Waals surface area contributed by atoms with Gasteiger partial charge in [0.25, 0.3) is 5.91 Å². The van der Waals surface area contributed by atoms with Gasteiger partial charge in [0.15, 0.2) is 5.65 Å². The maximum absolute atomic E-state index is 11.8. The predicted molar refractivity (Wildman–Crippen MR) is 82.0 cm³/mol. The Labute approximate surface area is 126 Å². The van der Waals surface area contributed by atoms with Gasteiger partial charge in [0.2, 0.25) is 0 Å². The summed E-state index contributed by atoms with van der Waals surface area (Å²) in [6, 6.07) is 8.86. The molecule has 0 fully saturated rings. The van der Waals surface area contributed by atoms with Crippen LogP contribution in [0.15, 0.2) is 36.5 Å². The lowest BCUT2D eigenvalue weighted by molar-refractivity contribution is 0.0963. The smallest absolute Gasteiger partial charge is 0.251 e. The van der Waals surface area contributed by atoms with E-state index < -0.39 is 0 Å². The van der Waals surface area contributed by atoms with Crippen LogP contribution in [0.5, 0.6) is 0 Å². The highest BCUT2D eigenvalue weighted by molar-refractivity contribution is 6.32. The highest BCUT2D eigenvalue weighted by atomic mass is 35.5. The Bertz CT molecular complexity index is 841. The third kappa shape index (κ3) is 2.25. The zero-order chi connectivity index (χ0) is 15.0. The van der Waals surface area contributed by atoms with E-state index in [1.165, 1.54) is 0 Å². The molecule has 6 heteroatoms. The van der Waals surface area contributed by atoms with Crippen LogP contribution < -0.4 is 5.32 Å². The van der Waals surface area contributed by atoms with E-state index >= 15 is 0 Å². The highest BCUT2D eigenvalue weighted by Gasteiger charge is 2.14. The number of aromatic nitrogens is 3. The van der Waals surface area contributed by atoms with Crippen molar-refractivity contribution in [3.05, 3.63) is 52.9 Å². The molecule has 1 aromatic carbocycles. The van der Waals surface area contributed by atoms with Gasteiger partial charge < -0.3 is 5.32 Å². The lowest BCUT2D eigenvalue weighted by Gasteiger charge is -2.10. The molecule has 106 valence electrons. The Hall–Kier alpha value is -2.40. The molecule has 0 aliphatic heterocycles. The highest BCUT2D eigenvalue weighted by Crippen LogP contribution is 2.26. The number of hydrogen-bond acceptors (Lipinski definition) is 3. The van der Waals surface area contributed by atoms with Crippen molar-refractivity contribution in [1.82, 2.24) is 19.9 Å². The molecule has 3 aromatic rings. The molecule has 0 saturated heterocycles. The minimum absolute atomic E-state index is 0.164. The molecule has 5 nitrogen and oxygen atoms in total. The first-order valence-electron chi connectivity index (χ1n) is 6.44. The zero-order valence-electron chi connectivity index (χ0n) is 11.6. The standard InChI is InChI=1S/C15H13ClN4O/c1-9-19-12-4-3-7-18-14(12)20(9)13-8-10(15(21)17-2)5-6-11(13)16/h3-8H,1-2H3,(H,17,21). The SMILES string of the molecule is CNC(=O)c1ccc(Cl)c(-n2c(C)nc3cccnc32)c1. The number of pyridine rings is 1. The lowest BCUT2D eigenvalue weighted by Crippen LogP contribution is -2.18. The van der Waals surface area contributed by atoms with Gasteiger partial charge in [-0.3, -0.25) is 9.36 Å². The van der Waals surface area contributed by atoms with Crippen LogP contribution >= 0.6 is 11.6 Å². The van der Waals surface area contributed by atoms with Gasteiger partial charge in [0.1, 0.15) is 11.3 Å². The van der Waals surface area contributed by atoms with Crippen molar-refractivity contribution in [3.8, 4) is 5.69 Å². The third-order valence-corrected chi connectivity index (χ3v) is 3.58. The first-order valence-corrected chi connectivity index (χ1v) is 6.81. The number of nitrogens with one attached hydrogen (secondary N) is 1. The van der Waals surface area contributed by atoms with Crippen LogP contribution in [0.25, 0.3) is 16.9 Å². The van der Waals surface area contributed by atoms with Gasteiger partial charge in [-0.05, 0) is 37.3 Å². The summed E-state index contributed by atoms with van der Waals surface area (Å²) >= 11 is 6.30. The number of carbonyl (C=O) groups is 1. The average molecular weight is 301 g/mol. The van der Waals surface area contributed by atoms with E-state index in [0.717, 1.165) is 11.3 Å². The van der Waals surface area contributed by atoms with Crippen molar-refractivity contribution in [2.75, 3.05) is 7.05 Å². The summed E-state index contributed by atoms with van der Waals surface area (Å²) in [4.78, 5) is 20.6. The van der Waals surface area contributed by atoms with Crippen LogP contribution in [0.1, 0.15) is 16.2 Å². The van der Waals surface area contributed by atoms with Crippen molar-refractivity contribution < 1.29 is 4.79 Å². The van der Waals surface area contributed by atoms with Crippen LogP contribution in [0, 0.1) is 6.92 Å². The van der Waals surface area contributed by atoms with Gasteiger partial charge in [-0.1, -0.05) is 11.6 Å². The number of nitrogens with zero attached hydrogens (tertiary/aromatic N) is 3. The van der Waals surface area contributed by atoms with E-state index in [0.29, 0.717) is 21.9 Å². The molecular weight excluding hydrogens is 288 g/mol. The molecule has 3 rings (SSSR count). The Balaban J connectivity index is 2.27. The largest absolute Gasteiger partial charge is 0.355 e. The van der Waals surface area contributed by atoms with E-state index in [1.54, 1.807) is 31.4 Å². The number of imidazole rings is 1. The van der Waals surface area contributed by atoms with Crippen LogP contribution in [0.3, 0.4) is 0 Å². The van der Waals surface area contributed by atoms with Crippen LogP contribution in [-0.4, -0.2) is 27.5 Å². The molecule has 0 aliphatic carbocycles. The normalized spacial score (nSPS) is 10.8. The second kappa shape index (κ2) is 5.18. The van der Waals surface area contributed by atoms with E-state index in [1.807, 2.05) is 23.6 Å². The monoisotopic (exact) mass is 300 g/mol. The van der Waals surface area contributed by atoms with Crippen molar-refractivity contribution in [2.45, 2.75) is 6.92 Å². The number of halogens is 1. The van der Waals surface area contributed by atoms with Crippen LogP contribution in [-0.2, 0) is 0 Å². The van der Waals surface area contributed by atoms with Crippen molar-refractivity contribution in [3.63, 3.8) is 0 Å². The first kappa shape index (κ1) is 13.6. The van der Waals surface area contributed by atoms with Crippen LogP contribution in [0.2, 0.25) is 5.02 Å². The fraction of sp³-hybridized carbons (Fsp3) is 0.133. The zero-order valence-corrected chi connectivity index (χ0v) is 12.3. The van der Waals surface area contributed by atoms with Gasteiger partial charge in [-0.2, -0.15) is 0 Å². The quantitative estimate of drug-likeness (QED) is 0.791. The Morgan fingerprint density at radius 3 is 2.90 bits per heavy atom. The molecule has 0 saturated carbocycles. The molecule has 0 atom stereocenters. The summed E-state index contributed by atoms with van der Waals surface area (Å²) in [6.07, 6.45) is 1.70. The lowest BCUT2D eigenvalue weighted by atomic mass is 10.2. The number of fused-ring (bicyclic) bond motifs is 1. The molecule has 0 bridgehead atoms. The molecular formula is C15H13ClN4O. The second-order valence-electron chi connectivity index (χ2n) is 4.59. The summed E-state index contributed by atoms with van der Waals surface area (Å²) in [5, 5.41) is 3.14. The summed E-state index contributed by atoms with van der Waals surface area (Å²) in [7, 11) is 1.59. The molecule has 1 amide bonds. The van der Waals surface area contributed by atoms with Crippen molar-refractivity contribution in [1.29, 1.82) is 0 Å². The second-order valence-corrected chi connectivity index (χ2v) is 4.99. The molecule has 0 radical (unpaired) electrons. The number of benzene rings is 1. The summed E-state index contributed by atoms with van der Waals surface area (Å²) in [6.45, 7) is 1.88. The molecule has 0 aliphatic rings. The van der Waals surface area contributed by atoms with Crippen molar-refractivity contribution in [2.24, 2.45) is 0 Å². The van der Waals surface area contributed by atoms with Crippen LogP contribution in [0.4, 0.5) is 0 Å². The molecule has 0 spiro atoms. The predicted octanol–water partition coefficient (Wildman–Crippen LogP) is 2.74. The molecule has 2 aromatic heterocycles. The number of amides is 1. The summed E-state index contributed by atoms with van der Waals surface area (Å²) in [5.74, 6) is 0.600. The third-order valence-electron chi connectivity index (χ3n) is 3.26.